The van der Waals surface area contributed by atoms with Crippen molar-refractivity contribution in [1.29, 1.82) is 5.26 Å². The van der Waals surface area contributed by atoms with Crippen LogP contribution in [0.3, 0.4) is 0 Å². The predicted octanol–water partition coefficient (Wildman–Crippen LogP) is 4.05. The summed E-state index contributed by atoms with van der Waals surface area (Å²) in [6, 6.07) is 6.03. The average Bonchev–Trinajstić information content (AvgIpc) is 2.61. The number of nitriles is 1. The van der Waals surface area contributed by atoms with E-state index in [4.69, 9.17) is 11.0 Å². The van der Waals surface area contributed by atoms with Crippen LogP contribution in [0.1, 0.15) is 25.3 Å². The first-order valence-electron chi connectivity index (χ1n) is 8.05. The van der Waals surface area contributed by atoms with Gasteiger partial charge in [-0.3, -0.25) is 0 Å². The van der Waals surface area contributed by atoms with Crippen LogP contribution in [0.15, 0.2) is 22.7 Å². The normalized spacial score (nSPS) is 15.2. The fourth-order valence-electron chi connectivity index (χ4n) is 2.96. The van der Waals surface area contributed by atoms with Gasteiger partial charge in [0.25, 0.3) is 0 Å². The van der Waals surface area contributed by atoms with Crippen molar-refractivity contribution in [2.45, 2.75) is 19.8 Å². The standard InChI is InChI=1S/C18H18BrFN4O/c1-10-4-6-24(7-5-10)18-15(22)17(25)14(19)16(23-18)11-2-3-12(9-21)13(20)8-11/h2-3,8,10H,4-7,22H2,1H3,(H,23,25). The van der Waals surface area contributed by atoms with Gasteiger partial charge in [-0.05, 0) is 46.8 Å². The molecule has 1 aliphatic heterocycles. The average molecular weight is 405 g/mol. The van der Waals surface area contributed by atoms with E-state index >= 15 is 0 Å². The lowest BCUT2D eigenvalue weighted by molar-refractivity contribution is 0.435. The van der Waals surface area contributed by atoms with E-state index in [1.54, 1.807) is 12.1 Å². The minimum absolute atomic E-state index is 0.0372. The Labute approximate surface area is 154 Å². The second kappa shape index (κ2) is 6.89. The van der Waals surface area contributed by atoms with E-state index in [-0.39, 0.29) is 17.0 Å². The molecule has 1 fully saturated rings. The van der Waals surface area contributed by atoms with Gasteiger partial charge >= 0.3 is 0 Å². The molecule has 3 N–H and O–H groups in total. The Kier molecular flexibility index (Phi) is 4.82. The van der Waals surface area contributed by atoms with Gasteiger partial charge < -0.3 is 15.7 Å². The van der Waals surface area contributed by atoms with E-state index in [0.717, 1.165) is 25.9 Å². The van der Waals surface area contributed by atoms with Crippen molar-refractivity contribution in [3.8, 4) is 23.1 Å². The largest absolute Gasteiger partial charge is 0.504 e. The van der Waals surface area contributed by atoms with Gasteiger partial charge in [-0.1, -0.05) is 13.0 Å². The molecule has 0 atom stereocenters. The van der Waals surface area contributed by atoms with Crippen LogP contribution >= 0.6 is 15.9 Å². The third-order valence-electron chi connectivity index (χ3n) is 4.58. The molecule has 0 saturated carbocycles. The molecule has 3 rings (SSSR count). The van der Waals surface area contributed by atoms with Crippen molar-refractivity contribution in [1.82, 2.24) is 4.98 Å². The molecule has 0 amide bonds. The number of nitrogen functional groups attached to an aromatic ring is 1. The van der Waals surface area contributed by atoms with Crippen LogP contribution in [-0.2, 0) is 0 Å². The van der Waals surface area contributed by atoms with Gasteiger partial charge in [0.2, 0.25) is 0 Å². The Balaban J connectivity index is 2.08. The van der Waals surface area contributed by atoms with Gasteiger partial charge in [0, 0.05) is 18.7 Å². The van der Waals surface area contributed by atoms with Crippen molar-refractivity contribution >= 4 is 27.4 Å². The molecule has 1 aromatic heterocycles. The lowest BCUT2D eigenvalue weighted by Crippen LogP contribution is -2.34. The summed E-state index contributed by atoms with van der Waals surface area (Å²) in [7, 11) is 0. The molecule has 1 aromatic carbocycles. The highest BCUT2D eigenvalue weighted by Crippen LogP contribution is 2.43. The molecule has 7 heteroatoms. The third-order valence-corrected chi connectivity index (χ3v) is 5.33. The smallest absolute Gasteiger partial charge is 0.158 e. The fraction of sp³-hybridized carbons (Fsp3) is 0.333. The van der Waals surface area contributed by atoms with Crippen LogP contribution in [0.2, 0.25) is 0 Å². The number of nitrogens with zero attached hydrogens (tertiary/aromatic N) is 3. The van der Waals surface area contributed by atoms with E-state index < -0.39 is 5.82 Å². The molecular formula is C18H18BrFN4O. The van der Waals surface area contributed by atoms with Crippen LogP contribution in [0.5, 0.6) is 5.75 Å². The number of aromatic hydroxyl groups is 1. The topological polar surface area (TPSA) is 86.2 Å². The second-order valence-electron chi connectivity index (χ2n) is 6.34. The minimum atomic E-state index is -0.627. The van der Waals surface area contributed by atoms with Crippen LogP contribution in [0.4, 0.5) is 15.9 Å². The summed E-state index contributed by atoms with van der Waals surface area (Å²) in [4.78, 5) is 6.64. The second-order valence-corrected chi connectivity index (χ2v) is 7.13. The van der Waals surface area contributed by atoms with Gasteiger partial charge in [-0.25, -0.2) is 9.37 Å². The SMILES string of the molecule is CC1CCN(c2nc(-c3ccc(C#N)c(F)c3)c(Br)c(O)c2N)CC1. The molecule has 5 nitrogen and oxygen atoms in total. The van der Waals surface area contributed by atoms with Crippen LogP contribution in [0.25, 0.3) is 11.3 Å². The fourth-order valence-corrected chi connectivity index (χ4v) is 3.49. The maximum atomic E-state index is 14.0. The summed E-state index contributed by atoms with van der Waals surface area (Å²) in [6.45, 7) is 3.82. The summed E-state index contributed by atoms with van der Waals surface area (Å²) in [5.41, 5.74) is 7.10. The van der Waals surface area contributed by atoms with Crippen molar-refractivity contribution < 1.29 is 9.50 Å². The summed E-state index contributed by atoms with van der Waals surface area (Å²) >= 11 is 3.30. The van der Waals surface area contributed by atoms with E-state index in [2.05, 4.69) is 27.8 Å². The van der Waals surface area contributed by atoms with Crippen molar-refractivity contribution in [2.75, 3.05) is 23.7 Å². The monoisotopic (exact) mass is 404 g/mol. The Morgan fingerprint density at radius 2 is 2.08 bits per heavy atom. The molecule has 1 saturated heterocycles. The molecule has 2 heterocycles. The van der Waals surface area contributed by atoms with Crippen molar-refractivity contribution in [2.24, 2.45) is 5.92 Å². The highest BCUT2D eigenvalue weighted by Gasteiger charge is 2.24. The molecule has 130 valence electrons. The predicted molar refractivity (Wildman–Crippen MR) is 98.7 cm³/mol. The summed E-state index contributed by atoms with van der Waals surface area (Å²) < 4.78 is 14.3. The molecule has 0 aliphatic carbocycles. The van der Waals surface area contributed by atoms with Crippen LogP contribution in [-0.4, -0.2) is 23.2 Å². The van der Waals surface area contributed by atoms with E-state index in [9.17, 15) is 9.50 Å². The van der Waals surface area contributed by atoms with Gasteiger partial charge in [-0.2, -0.15) is 5.26 Å². The molecule has 0 unspecified atom stereocenters. The molecule has 0 radical (unpaired) electrons. The number of nitrogens with two attached hydrogens (primary N) is 1. The first-order chi connectivity index (χ1) is 11.9. The molecule has 2 aromatic rings. The Hall–Kier alpha value is -2.33. The maximum absolute atomic E-state index is 14.0. The summed E-state index contributed by atoms with van der Waals surface area (Å²) in [6.07, 6.45) is 2.05. The number of benzene rings is 1. The van der Waals surface area contributed by atoms with E-state index in [1.807, 2.05) is 4.90 Å². The number of aromatic nitrogens is 1. The zero-order valence-corrected chi connectivity index (χ0v) is 15.3. The number of hydrogen-bond acceptors (Lipinski definition) is 5. The Morgan fingerprint density at radius 3 is 2.68 bits per heavy atom. The molecular weight excluding hydrogens is 387 g/mol. The number of pyridine rings is 1. The first-order valence-corrected chi connectivity index (χ1v) is 8.84. The quantitative estimate of drug-likeness (QED) is 0.788. The summed E-state index contributed by atoms with van der Waals surface area (Å²) in [5.74, 6) is 0.419. The molecule has 25 heavy (non-hydrogen) atoms. The first kappa shape index (κ1) is 17.5. The van der Waals surface area contributed by atoms with Gasteiger partial charge in [-0.15, -0.1) is 0 Å². The number of anilines is 2. The number of hydrogen-bond donors (Lipinski definition) is 2. The lowest BCUT2D eigenvalue weighted by atomic mass is 9.99. The van der Waals surface area contributed by atoms with Gasteiger partial charge in [0.15, 0.2) is 11.6 Å². The lowest BCUT2D eigenvalue weighted by Gasteiger charge is -2.32. The zero-order chi connectivity index (χ0) is 18.1. The highest BCUT2D eigenvalue weighted by atomic mass is 79.9. The molecule has 0 bridgehead atoms. The third kappa shape index (κ3) is 3.27. The number of rotatable bonds is 2. The minimum Gasteiger partial charge on any atom is -0.504 e. The Morgan fingerprint density at radius 1 is 1.40 bits per heavy atom. The van der Waals surface area contributed by atoms with Gasteiger partial charge in [0.05, 0.1) is 15.7 Å². The van der Waals surface area contributed by atoms with Gasteiger partial charge in [0.1, 0.15) is 17.6 Å². The van der Waals surface area contributed by atoms with Crippen LogP contribution < -0.4 is 10.6 Å². The molecule has 0 spiro atoms. The van der Waals surface area contributed by atoms with E-state index in [0.29, 0.717) is 27.5 Å². The van der Waals surface area contributed by atoms with Crippen molar-refractivity contribution in [3.63, 3.8) is 0 Å². The highest BCUT2D eigenvalue weighted by molar-refractivity contribution is 9.10. The zero-order valence-electron chi connectivity index (χ0n) is 13.8. The number of halogens is 2. The van der Waals surface area contributed by atoms with Crippen molar-refractivity contribution in [3.05, 3.63) is 34.1 Å². The summed E-state index contributed by atoms with van der Waals surface area (Å²) in [5, 5.41) is 19.3. The van der Waals surface area contributed by atoms with Crippen LogP contribution in [0, 0.1) is 23.1 Å². The molecule has 1 aliphatic rings. The Bertz CT molecular complexity index is 857. The maximum Gasteiger partial charge on any atom is 0.158 e. The van der Waals surface area contributed by atoms with E-state index in [1.165, 1.54) is 12.1 Å². The number of piperidine rings is 1.